The number of nitrogens with zero attached hydrogens (tertiary/aromatic N) is 3. The van der Waals surface area contributed by atoms with Crippen LogP contribution in [0.3, 0.4) is 0 Å². The number of aromatic nitrogens is 2. The highest BCUT2D eigenvalue weighted by Gasteiger charge is 2.25. The molecule has 1 aliphatic rings. The van der Waals surface area contributed by atoms with Crippen molar-refractivity contribution in [1.82, 2.24) is 14.7 Å². The van der Waals surface area contributed by atoms with Crippen LogP contribution in [-0.2, 0) is 16.1 Å². The lowest BCUT2D eigenvalue weighted by molar-refractivity contribution is -0.138. The zero-order valence-electron chi connectivity index (χ0n) is 14.9. The van der Waals surface area contributed by atoms with Crippen LogP contribution >= 0.6 is 0 Å². The standard InChI is InChI=1S/C19H25N3O3/c1-15-10-20-22(11-15)17-6-4-8-21(12-17)19(23)14-25-13-16-5-3-7-18(9-16)24-2/h3,5,7,9-11,17H,4,6,8,12-14H2,1-2H3. The summed E-state index contributed by atoms with van der Waals surface area (Å²) in [5.74, 6) is 0.831. The second-order valence-corrected chi connectivity index (χ2v) is 6.48. The summed E-state index contributed by atoms with van der Waals surface area (Å²) >= 11 is 0. The van der Waals surface area contributed by atoms with Gasteiger partial charge in [-0.15, -0.1) is 0 Å². The third-order valence-corrected chi connectivity index (χ3v) is 4.48. The van der Waals surface area contributed by atoms with E-state index in [0.717, 1.165) is 36.3 Å². The number of rotatable bonds is 6. The number of amides is 1. The topological polar surface area (TPSA) is 56.6 Å². The van der Waals surface area contributed by atoms with Gasteiger partial charge < -0.3 is 14.4 Å². The highest BCUT2D eigenvalue weighted by molar-refractivity contribution is 5.77. The van der Waals surface area contributed by atoms with Crippen molar-refractivity contribution in [2.24, 2.45) is 0 Å². The molecule has 6 nitrogen and oxygen atoms in total. The number of carbonyl (C=O) groups is 1. The molecule has 1 saturated heterocycles. The van der Waals surface area contributed by atoms with E-state index in [4.69, 9.17) is 9.47 Å². The van der Waals surface area contributed by atoms with E-state index in [9.17, 15) is 4.79 Å². The van der Waals surface area contributed by atoms with Gasteiger partial charge in [0.25, 0.3) is 0 Å². The van der Waals surface area contributed by atoms with Gasteiger partial charge in [0.1, 0.15) is 12.4 Å². The van der Waals surface area contributed by atoms with Crippen LogP contribution in [0.4, 0.5) is 0 Å². The Morgan fingerprint density at radius 2 is 2.28 bits per heavy atom. The van der Waals surface area contributed by atoms with E-state index in [1.165, 1.54) is 0 Å². The second kappa shape index (κ2) is 8.16. The van der Waals surface area contributed by atoms with Crippen molar-refractivity contribution in [2.75, 3.05) is 26.8 Å². The SMILES string of the molecule is COc1cccc(COCC(=O)N2CCCC(n3cc(C)cn3)C2)c1. The Hall–Kier alpha value is -2.34. The normalized spacial score (nSPS) is 17.5. The Balaban J connectivity index is 1.49. The van der Waals surface area contributed by atoms with Gasteiger partial charge in [0.15, 0.2) is 0 Å². The van der Waals surface area contributed by atoms with Gasteiger partial charge in [0, 0.05) is 19.3 Å². The van der Waals surface area contributed by atoms with Crippen molar-refractivity contribution in [2.45, 2.75) is 32.4 Å². The lowest BCUT2D eigenvalue weighted by Gasteiger charge is -2.32. The Labute approximate surface area is 148 Å². The molecule has 0 radical (unpaired) electrons. The molecule has 1 fully saturated rings. The lowest BCUT2D eigenvalue weighted by Crippen LogP contribution is -2.42. The number of benzene rings is 1. The van der Waals surface area contributed by atoms with Gasteiger partial charge in [-0.2, -0.15) is 5.10 Å². The van der Waals surface area contributed by atoms with Gasteiger partial charge in [0.2, 0.25) is 5.91 Å². The van der Waals surface area contributed by atoms with Gasteiger partial charge in [-0.25, -0.2) is 0 Å². The summed E-state index contributed by atoms with van der Waals surface area (Å²) in [5.41, 5.74) is 2.14. The summed E-state index contributed by atoms with van der Waals surface area (Å²) in [5, 5.41) is 4.39. The third-order valence-electron chi connectivity index (χ3n) is 4.48. The van der Waals surface area contributed by atoms with Crippen molar-refractivity contribution in [1.29, 1.82) is 0 Å². The maximum absolute atomic E-state index is 12.4. The number of methoxy groups -OCH3 is 1. The first-order valence-corrected chi connectivity index (χ1v) is 8.65. The van der Waals surface area contributed by atoms with Crippen molar-refractivity contribution in [3.8, 4) is 5.75 Å². The average Bonchev–Trinajstić information content (AvgIpc) is 3.08. The van der Waals surface area contributed by atoms with E-state index in [1.807, 2.05) is 53.2 Å². The molecule has 1 aromatic heterocycles. The highest BCUT2D eigenvalue weighted by atomic mass is 16.5. The predicted octanol–water partition coefficient (Wildman–Crippen LogP) is 2.58. The van der Waals surface area contributed by atoms with Crippen LogP contribution in [0.1, 0.15) is 30.0 Å². The van der Waals surface area contributed by atoms with Crippen LogP contribution in [0.15, 0.2) is 36.7 Å². The molecular formula is C19H25N3O3. The van der Waals surface area contributed by atoms with Crippen molar-refractivity contribution in [3.63, 3.8) is 0 Å². The molecule has 134 valence electrons. The van der Waals surface area contributed by atoms with Crippen LogP contribution < -0.4 is 4.74 Å². The molecule has 1 aromatic carbocycles. The fourth-order valence-corrected chi connectivity index (χ4v) is 3.14. The smallest absolute Gasteiger partial charge is 0.248 e. The number of aryl methyl sites for hydroxylation is 1. The molecule has 0 spiro atoms. The minimum atomic E-state index is 0.0384. The van der Waals surface area contributed by atoms with Crippen LogP contribution in [0.5, 0.6) is 5.75 Å². The monoisotopic (exact) mass is 343 g/mol. The Kier molecular flexibility index (Phi) is 5.71. The number of ether oxygens (including phenoxy) is 2. The summed E-state index contributed by atoms with van der Waals surface area (Å²) in [4.78, 5) is 14.3. The van der Waals surface area contributed by atoms with Crippen molar-refractivity contribution in [3.05, 3.63) is 47.8 Å². The second-order valence-electron chi connectivity index (χ2n) is 6.48. The number of likely N-dealkylation sites (tertiary alicyclic amines) is 1. The molecule has 1 amide bonds. The number of hydrogen-bond donors (Lipinski definition) is 0. The van der Waals surface area contributed by atoms with E-state index in [2.05, 4.69) is 5.10 Å². The van der Waals surface area contributed by atoms with Gasteiger partial charge >= 0.3 is 0 Å². The summed E-state index contributed by atoms with van der Waals surface area (Å²) < 4.78 is 12.8. The zero-order valence-corrected chi connectivity index (χ0v) is 14.9. The third kappa shape index (κ3) is 4.60. The quantitative estimate of drug-likeness (QED) is 0.809. The number of hydrogen-bond acceptors (Lipinski definition) is 4. The van der Waals surface area contributed by atoms with E-state index in [0.29, 0.717) is 13.2 Å². The fourth-order valence-electron chi connectivity index (χ4n) is 3.14. The predicted molar refractivity (Wildman–Crippen MR) is 94.5 cm³/mol. The lowest BCUT2D eigenvalue weighted by atomic mass is 10.1. The van der Waals surface area contributed by atoms with Crippen molar-refractivity contribution < 1.29 is 14.3 Å². The average molecular weight is 343 g/mol. The van der Waals surface area contributed by atoms with E-state index in [1.54, 1.807) is 7.11 Å². The van der Waals surface area contributed by atoms with Gasteiger partial charge in [-0.1, -0.05) is 12.1 Å². The van der Waals surface area contributed by atoms with Crippen molar-refractivity contribution >= 4 is 5.91 Å². The molecule has 0 bridgehead atoms. The molecule has 2 aromatic rings. The minimum Gasteiger partial charge on any atom is -0.497 e. The number of piperidine rings is 1. The largest absolute Gasteiger partial charge is 0.497 e. The molecular weight excluding hydrogens is 318 g/mol. The highest BCUT2D eigenvalue weighted by Crippen LogP contribution is 2.21. The molecule has 25 heavy (non-hydrogen) atoms. The van der Waals surface area contributed by atoms with E-state index < -0.39 is 0 Å². The molecule has 0 aliphatic carbocycles. The molecule has 0 saturated carbocycles. The fraction of sp³-hybridized carbons (Fsp3) is 0.474. The van der Waals surface area contributed by atoms with Gasteiger partial charge in [-0.05, 0) is 43.0 Å². The van der Waals surface area contributed by atoms with Crippen LogP contribution in [-0.4, -0.2) is 47.4 Å². The summed E-state index contributed by atoms with van der Waals surface area (Å²) in [6, 6.07) is 7.94. The first-order chi connectivity index (χ1) is 12.2. The molecule has 6 heteroatoms. The molecule has 1 aliphatic heterocycles. The van der Waals surface area contributed by atoms with Crippen LogP contribution in [0, 0.1) is 6.92 Å². The molecule has 1 atom stereocenters. The first kappa shape index (κ1) is 17.5. The summed E-state index contributed by atoms with van der Waals surface area (Å²) in [7, 11) is 1.64. The van der Waals surface area contributed by atoms with Gasteiger partial charge in [-0.3, -0.25) is 9.48 Å². The summed E-state index contributed by atoms with van der Waals surface area (Å²) in [6.07, 6.45) is 5.94. The van der Waals surface area contributed by atoms with E-state index >= 15 is 0 Å². The Morgan fingerprint density at radius 3 is 3.04 bits per heavy atom. The Morgan fingerprint density at radius 1 is 1.40 bits per heavy atom. The maximum Gasteiger partial charge on any atom is 0.248 e. The minimum absolute atomic E-state index is 0.0384. The Bertz CT molecular complexity index is 713. The zero-order chi connectivity index (χ0) is 17.6. The van der Waals surface area contributed by atoms with Crippen LogP contribution in [0.25, 0.3) is 0 Å². The summed E-state index contributed by atoms with van der Waals surface area (Å²) in [6.45, 7) is 4.02. The molecule has 0 N–H and O–H groups in total. The first-order valence-electron chi connectivity index (χ1n) is 8.65. The van der Waals surface area contributed by atoms with E-state index in [-0.39, 0.29) is 18.6 Å². The molecule has 1 unspecified atom stereocenters. The van der Waals surface area contributed by atoms with Gasteiger partial charge in [0.05, 0.1) is 26.0 Å². The maximum atomic E-state index is 12.4. The molecule has 2 heterocycles. The molecule has 3 rings (SSSR count). The number of carbonyl (C=O) groups excluding carboxylic acids is 1. The van der Waals surface area contributed by atoms with Crippen LogP contribution in [0.2, 0.25) is 0 Å².